The monoisotopic (exact) mass is 392 g/mol. The molecule has 0 amide bonds. The summed E-state index contributed by atoms with van der Waals surface area (Å²) in [6, 6.07) is 9.93. The first kappa shape index (κ1) is 20.2. The van der Waals surface area contributed by atoms with Gasteiger partial charge >= 0.3 is 5.63 Å². The predicted octanol–water partition coefficient (Wildman–Crippen LogP) is 5.47. The van der Waals surface area contributed by atoms with Crippen LogP contribution >= 0.6 is 0 Å². The van der Waals surface area contributed by atoms with Gasteiger partial charge in [0.05, 0.1) is 0 Å². The Morgan fingerprint density at radius 1 is 1.18 bits per heavy atom. The second-order valence-corrected chi connectivity index (χ2v) is 13.9. The summed E-state index contributed by atoms with van der Waals surface area (Å²) in [4.78, 5) is 12.5. The van der Waals surface area contributed by atoms with Crippen molar-refractivity contribution in [2.24, 2.45) is 0 Å². The van der Waals surface area contributed by atoms with Crippen LogP contribution in [0.2, 0.25) is 18.1 Å². The first-order chi connectivity index (χ1) is 13.1. The molecule has 3 nitrogen and oxygen atoms in total. The molecule has 0 bridgehead atoms. The standard InChI is InChI=1S/C24H28O3Si/c1-17-20(13-10-14-28(5,6)24(2,3)4)22-21(23(25)27-17)19(16-26-22)15-18-11-8-7-9-12-18/h7-9,11-12,15H,13,16H2,1-6H3/b19-15+. The van der Waals surface area contributed by atoms with E-state index < -0.39 is 8.07 Å². The van der Waals surface area contributed by atoms with Crippen molar-refractivity contribution in [2.75, 3.05) is 6.61 Å². The van der Waals surface area contributed by atoms with Crippen LogP contribution in [0.3, 0.4) is 0 Å². The third-order valence-electron chi connectivity index (χ3n) is 5.75. The third-order valence-corrected chi connectivity index (χ3v) is 10.3. The van der Waals surface area contributed by atoms with E-state index in [1.54, 1.807) is 0 Å². The highest BCUT2D eigenvalue weighted by atomic mass is 28.3. The maximum atomic E-state index is 12.5. The summed E-state index contributed by atoms with van der Waals surface area (Å²) in [6.07, 6.45) is 2.52. The Balaban J connectivity index is 1.99. The van der Waals surface area contributed by atoms with E-state index in [2.05, 4.69) is 45.3 Å². The van der Waals surface area contributed by atoms with Crippen LogP contribution in [0.4, 0.5) is 0 Å². The van der Waals surface area contributed by atoms with Gasteiger partial charge in [-0.15, -0.1) is 11.5 Å². The van der Waals surface area contributed by atoms with Gasteiger partial charge in [-0.3, -0.25) is 0 Å². The molecule has 3 rings (SSSR count). The fraction of sp³-hybridized carbons (Fsp3) is 0.375. The van der Waals surface area contributed by atoms with E-state index in [4.69, 9.17) is 9.15 Å². The second kappa shape index (κ2) is 7.48. The molecule has 146 valence electrons. The lowest BCUT2D eigenvalue weighted by atomic mass is 10.0. The number of ether oxygens (including phenoxy) is 1. The van der Waals surface area contributed by atoms with Gasteiger partial charge in [-0.1, -0.05) is 64.2 Å². The van der Waals surface area contributed by atoms with E-state index in [1.807, 2.05) is 43.3 Å². The Morgan fingerprint density at radius 2 is 1.86 bits per heavy atom. The van der Waals surface area contributed by atoms with Crippen LogP contribution in [-0.2, 0) is 6.42 Å². The third kappa shape index (κ3) is 4.00. The summed E-state index contributed by atoms with van der Waals surface area (Å²) in [7, 11) is -1.68. The molecule has 0 spiro atoms. The number of hydrogen-bond acceptors (Lipinski definition) is 3. The molecule has 1 aromatic carbocycles. The summed E-state index contributed by atoms with van der Waals surface area (Å²) in [6.45, 7) is 13.5. The van der Waals surface area contributed by atoms with E-state index in [9.17, 15) is 4.79 Å². The second-order valence-electron chi connectivity index (χ2n) is 8.85. The fourth-order valence-corrected chi connectivity index (χ4v) is 3.83. The first-order valence-corrected chi connectivity index (χ1v) is 12.7. The van der Waals surface area contributed by atoms with Crippen LogP contribution in [0, 0.1) is 18.4 Å². The van der Waals surface area contributed by atoms with Crippen molar-refractivity contribution >= 4 is 19.7 Å². The van der Waals surface area contributed by atoms with Gasteiger partial charge in [0.2, 0.25) is 0 Å². The van der Waals surface area contributed by atoms with Crippen LogP contribution in [0.15, 0.2) is 39.5 Å². The molecule has 0 saturated carbocycles. The minimum atomic E-state index is -1.68. The Labute approximate surface area is 168 Å². The van der Waals surface area contributed by atoms with Crippen LogP contribution in [0.25, 0.3) is 11.6 Å². The lowest BCUT2D eigenvalue weighted by Gasteiger charge is -2.31. The van der Waals surface area contributed by atoms with Gasteiger partial charge < -0.3 is 9.15 Å². The zero-order valence-electron chi connectivity index (χ0n) is 17.6. The highest BCUT2D eigenvalue weighted by Gasteiger charge is 2.33. The van der Waals surface area contributed by atoms with Crippen molar-refractivity contribution in [3.63, 3.8) is 0 Å². The lowest BCUT2D eigenvalue weighted by molar-refractivity contribution is 0.375. The molecule has 28 heavy (non-hydrogen) atoms. The summed E-state index contributed by atoms with van der Waals surface area (Å²) >= 11 is 0. The average molecular weight is 393 g/mol. The topological polar surface area (TPSA) is 39.4 Å². The molecule has 1 aliphatic rings. The van der Waals surface area contributed by atoms with Gasteiger partial charge in [0, 0.05) is 17.6 Å². The summed E-state index contributed by atoms with van der Waals surface area (Å²) in [5.74, 6) is 4.58. The first-order valence-electron chi connectivity index (χ1n) is 9.65. The largest absolute Gasteiger partial charge is 0.487 e. The highest BCUT2D eigenvalue weighted by Crippen LogP contribution is 2.37. The summed E-state index contributed by atoms with van der Waals surface area (Å²) < 4.78 is 11.5. The number of hydrogen-bond donors (Lipinski definition) is 0. The molecule has 0 unspecified atom stereocenters. The molecule has 0 aliphatic carbocycles. The van der Waals surface area contributed by atoms with Crippen molar-refractivity contribution in [1.29, 1.82) is 0 Å². The van der Waals surface area contributed by atoms with Gasteiger partial charge in [-0.2, -0.15) is 0 Å². The Hall–Kier alpha value is -2.51. The van der Waals surface area contributed by atoms with E-state index in [0.717, 1.165) is 16.7 Å². The van der Waals surface area contributed by atoms with Crippen molar-refractivity contribution in [1.82, 2.24) is 0 Å². The van der Waals surface area contributed by atoms with E-state index in [-0.39, 0.29) is 10.7 Å². The van der Waals surface area contributed by atoms with Crippen LogP contribution in [-0.4, -0.2) is 14.7 Å². The molecule has 2 aromatic rings. The minimum Gasteiger partial charge on any atom is -0.487 e. The maximum absolute atomic E-state index is 12.5. The van der Waals surface area contributed by atoms with Gasteiger partial charge in [-0.05, 0) is 23.6 Å². The zero-order chi connectivity index (χ0) is 20.5. The highest BCUT2D eigenvalue weighted by molar-refractivity contribution is 6.87. The molecule has 1 aromatic heterocycles. The molecular formula is C24H28O3Si. The lowest BCUT2D eigenvalue weighted by Crippen LogP contribution is -2.35. The van der Waals surface area contributed by atoms with Gasteiger partial charge in [-0.25, -0.2) is 4.79 Å². The molecular weight excluding hydrogens is 364 g/mol. The van der Waals surface area contributed by atoms with E-state index in [0.29, 0.717) is 30.1 Å². The van der Waals surface area contributed by atoms with Gasteiger partial charge in [0.25, 0.3) is 0 Å². The smallest absolute Gasteiger partial charge is 0.347 e. The maximum Gasteiger partial charge on any atom is 0.347 e. The normalized spacial score (nSPS) is 15.0. The number of fused-ring (bicyclic) bond motifs is 1. The molecule has 1 aliphatic heterocycles. The number of aryl methyl sites for hydroxylation is 1. The zero-order valence-corrected chi connectivity index (χ0v) is 18.6. The Kier molecular flexibility index (Phi) is 5.41. The van der Waals surface area contributed by atoms with Crippen LogP contribution < -0.4 is 10.4 Å². The fourth-order valence-electron chi connectivity index (χ4n) is 2.92. The Morgan fingerprint density at radius 3 is 2.50 bits per heavy atom. The van der Waals surface area contributed by atoms with Crippen LogP contribution in [0.1, 0.15) is 43.2 Å². The van der Waals surface area contributed by atoms with E-state index >= 15 is 0 Å². The van der Waals surface area contributed by atoms with Crippen molar-refractivity contribution in [3.8, 4) is 17.2 Å². The van der Waals surface area contributed by atoms with Crippen molar-refractivity contribution in [2.45, 2.75) is 52.2 Å². The molecule has 0 radical (unpaired) electrons. The Bertz CT molecular complexity index is 1030. The van der Waals surface area contributed by atoms with E-state index in [1.165, 1.54) is 0 Å². The molecule has 0 saturated heterocycles. The quantitative estimate of drug-likeness (QED) is 0.502. The molecule has 0 atom stereocenters. The molecule has 4 heteroatoms. The summed E-state index contributed by atoms with van der Waals surface area (Å²) in [5, 5.41) is 0.211. The van der Waals surface area contributed by atoms with Gasteiger partial charge in [0.15, 0.2) is 0 Å². The average Bonchev–Trinajstić information content (AvgIpc) is 3.01. The number of rotatable bonds is 2. The predicted molar refractivity (Wildman–Crippen MR) is 118 cm³/mol. The SMILES string of the molecule is Cc1oc(=O)c2c(c1CC#C[Si](C)(C)C(C)(C)C)OC/C2=C\c1ccccc1. The minimum absolute atomic E-state index is 0.211. The summed E-state index contributed by atoms with van der Waals surface area (Å²) in [5.41, 5.74) is 6.51. The van der Waals surface area contributed by atoms with Gasteiger partial charge in [0.1, 0.15) is 31.8 Å². The molecule has 0 fully saturated rings. The number of benzene rings is 1. The van der Waals surface area contributed by atoms with Crippen molar-refractivity contribution in [3.05, 3.63) is 63.2 Å². The molecule has 0 N–H and O–H groups in total. The molecule has 2 heterocycles. The van der Waals surface area contributed by atoms with Crippen molar-refractivity contribution < 1.29 is 9.15 Å². The van der Waals surface area contributed by atoms with Crippen LogP contribution in [0.5, 0.6) is 5.75 Å².